The number of methoxy groups -OCH3 is 1. The molecule has 0 aliphatic heterocycles. The van der Waals surface area contributed by atoms with Crippen LogP contribution in [0.5, 0.6) is 0 Å². The first-order valence-corrected chi connectivity index (χ1v) is 6.63. The smallest absolute Gasteiger partial charge is 0.0986 e. The van der Waals surface area contributed by atoms with Crippen LogP contribution < -0.4 is 5.32 Å². The van der Waals surface area contributed by atoms with Gasteiger partial charge in [0.1, 0.15) is 0 Å². The Morgan fingerprint density at radius 1 is 1.41 bits per heavy atom. The maximum atomic E-state index is 9.34. The van der Waals surface area contributed by atoms with Gasteiger partial charge in [-0.15, -0.1) is 0 Å². The van der Waals surface area contributed by atoms with Crippen LogP contribution in [0.4, 0.5) is 0 Å². The van der Waals surface area contributed by atoms with Crippen molar-refractivity contribution in [2.45, 2.75) is 57.9 Å². The highest BCUT2D eigenvalue weighted by atomic mass is 16.5. The Balaban J connectivity index is 2.36. The lowest BCUT2D eigenvalue weighted by Gasteiger charge is -2.45. The number of hydrogen-bond donors (Lipinski definition) is 2. The fourth-order valence-corrected chi connectivity index (χ4v) is 2.50. The molecule has 1 saturated carbocycles. The molecule has 4 nitrogen and oxygen atoms in total. The monoisotopic (exact) mass is 245 g/mol. The van der Waals surface area contributed by atoms with Crippen LogP contribution in [-0.4, -0.2) is 49.7 Å². The number of nitrogens with one attached hydrogen (secondary N) is 1. The normalized spacial score (nSPS) is 30.4. The van der Waals surface area contributed by atoms with Gasteiger partial charge >= 0.3 is 0 Å². The predicted molar refractivity (Wildman–Crippen MR) is 68.1 cm³/mol. The lowest BCUT2D eigenvalue weighted by atomic mass is 9.84. The standard InChI is InChI=1S/C13H27NO3/c1-5-17-12-7-11(13(12)16-4)14-10(8-15)6-9(2)3/h9-15H,5-8H2,1-4H3. The molecule has 0 aromatic carbocycles. The zero-order valence-corrected chi connectivity index (χ0v) is 11.5. The molecular weight excluding hydrogens is 218 g/mol. The van der Waals surface area contributed by atoms with Crippen molar-refractivity contribution in [3.05, 3.63) is 0 Å². The van der Waals surface area contributed by atoms with E-state index in [2.05, 4.69) is 19.2 Å². The van der Waals surface area contributed by atoms with E-state index < -0.39 is 0 Å². The van der Waals surface area contributed by atoms with Gasteiger partial charge in [0.15, 0.2) is 0 Å². The van der Waals surface area contributed by atoms with Crippen LogP contribution in [0, 0.1) is 5.92 Å². The van der Waals surface area contributed by atoms with Crippen molar-refractivity contribution >= 4 is 0 Å². The molecule has 4 heteroatoms. The molecule has 0 bridgehead atoms. The molecule has 2 N–H and O–H groups in total. The van der Waals surface area contributed by atoms with Gasteiger partial charge in [-0.1, -0.05) is 13.8 Å². The topological polar surface area (TPSA) is 50.7 Å². The van der Waals surface area contributed by atoms with E-state index in [9.17, 15) is 5.11 Å². The van der Waals surface area contributed by atoms with Crippen molar-refractivity contribution in [3.8, 4) is 0 Å². The van der Waals surface area contributed by atoms with Gasteiger partial charge in [0.25, 0.3) is 0 Å². The molecule has 1 fully saturated rings. The van der Waals surface area contributed by atoms with Crippen molar-refractivity contribution in [1.82, 2.24) is 5.32 Å². The van der Waals surface area contributed by atoms with E-state index in [0.717, 1.165) is 19.4 Å². The summed E-state index contributed by atoms with van der Waals surface area (Å²) in [6.45, 7) is 7.25. The van der Waals surface area contributed by atoms with E-state index in [1.807, 2.05) is 6.92 Å². The van der Waals surface area contributed by atoms with E-state index >= 15 is 0 Å². The average molecular weight is 245 g/mol. The van der Waals surface area contributed by atoms with Crippen LogP contribution in [0.25, 0.3) is 0 Å². The highest BCUT2D eigenvalue weighted by Gasteiger charge is 2.42. The van der Waals surface area contributed by atoms with Crippen LogP contribution in [0.1, 0.15) is 33.6 Å². The highest BCUT2D eigenvalue weighted by Crippen LogP contribution is 2.27. The first kappa shape index (κ1) is 14.9. The summed E-state index contributed by atoms with van der Waals surface area (Å²) in [6, 6.07) is 0.479. The molecule has 0 spiro atoms. The Morgan fingerprint density at radius 2 is 2.12 bits per heavy atom. The van der Waals surface area contributed by atoms with Crippen LogP contribution in [0.2, 0.25) is 0 Å². The van der Waals surface area contributed by atoms with Crippen LogP contribution in [0.3, 0.4) is 0 Å². The van der Waals surface area contributed by atoms with Crippen LogP contribution >= 0.6 is 0 Å². The predicted octanol–water partition coefficient (Wildman–Crippen LogP) is 1.18. The van der Waals surface area contributed by atoms with Gasteiger partial charge in [-0.2, -0.15) is 0 Å². The fraction of sp³-hybridized carbons (Fsp3) is 1.00. The van der Waals surface area contributed by atoms with E-state index in [4.69, 9.17) is 9.47 Å². The van der Waals surface area contributed by atoms with Gasteiger partial charge in [-0.3, -0.25) is 0 Å². The minimum absolute atomic E-state index is 0.121. The summed E-state index contributed by atoms with van der Waals surface area (Å²) < 4.78 is 11.0. The van der Waals surface area contributed by atoms with E-state index in [-0.39, 0.29) is 24.9 Å². The van der Waals surface area contributed by atoms with Crippen LogP contribution in [-0.2, 0) is 9.47 Å². The van der Waals surface area contributed by atoms with E-state index in [0.29, 0.717) is 12.0 Å². The molecule has 0 amide bonds. The quantitative estimate of drug-likeness (QED) is 0.674. The van der Waals surface area contributed by atoms with Crippen molar-refractivity contribution in [2.24, 2.45) is 5.92 Å². The third-order valence-electron chi connectivity index (χ3n) is 3.33. The number of ether oxygens (including phenoxy) is 2. The average Bonchev–Trinajstić information content (AvgIpc) is 2.26. The molecule has 0 radical (unpaired) electrons. The Labute approximate surface area is 105 Å². The Bertz CT molecular complexity index is 211. The SMILES string of the molecule is CCOC1CC(NC(CO)CC(C)C)C1OC. The van der Waals surface area contributed by atoms with Gasteiger partial charge in [-0.25, -0.2) is 0 Å². The number of hydrogen-bond acceptors (Lipinski definition) is 4. The Morgan fingerprint density at radius 3 is 2.59 bits per heavy atom. The molecule has 1 rings (SSSR count). The third-order valence-corrected chi connectivity index (χ3v) is 3.33. The third kappa shape index (κ3) is 4.21. The molecule has 0 heterocycles. The first-order valence-electron chi connectivity index (χ1n) is 6.63. The molecule has 1 aliphatic carbocycles. The number of rotatable bonds is 8. The second-order valence-corrected chi connectivity index (χ2v) is 5.21. The minimum Gasteiger partial charge on any atom is -0.395 e. The molecule has 4 atom stereocenters. The molecular formula is C13H27NO3. The lowest BCUT2D eigenvalue weighted by Crippen LogP contribution is -2.62. The molecule has 4 unspecified atom stereocenters. The maximum absolute atomic E-state index is 9.34. The zero-order valence-electron chi connectivity index (χ0n) is 11.5. The van der Waals surface area contributed by atoms with E-state index in [1.165, 1.54) is 0 Å². The summed E-state index contributed by atoms with van der Waals surface area (Å²) in [5.74, 6) is 0.586. The van der Waals surface area contributed by atoms with Gasteiger partial charge in [0.05, 0.1) is 18.8 Å². The molecule has 1 aliphatic rings. The zero-order chi connectivity index (χ0) is 12.8. The van der Waals surface area contributed by atoms with Crippen molar-refractivity contribution in [3.63, 3.8) is 0 Å². The summed E-state index contributed by atoms with van der Waals surface area (Å²) in [5.41, 5.74) is 0. The molecule has 0 saturated heterocycles. The summed E-state index contributed by atoms with van der Waals surface area (Å²) in [6.07, 6.45) is 2.29. The summed E-state index contributed by atoms with van der Waals surface area (Å²) in [5, 5.41) is 12.8. The highest BCUT2D eigenvalue weighted by molar-refractivity contribution is 4.98. The molecule has 17 heavy (non-hydrogen) atoms. The second kappa shape index (κ2) is 7.31. The first-order chi connectivity index (χ1) is 8.12. The molecule has 0 aromatic heterocycles. The largest absolute Gasteiger partial charge is 0.395 e. The lowest BCUT2D eigenvalue weighted by molar-refractivity contribution is -0.134. The van der Waals surface area contributed by atoms with E-state index in [1.54, 1.807) is 7.11 Å². The fourth-order valence-electron chi connectivity index (χ4n) is 2.50. The summed E-state index contributed by atoms with van der Waals surface area (Å²) >= 11 is 0. The summed E-state index contributed by atoms with van der Waals surface area (Å²) in [4.78, 5) is 0. The van der Waals surface area contributed by atoms with Crippen molar-refractivity contribution in [2.75, 3.05) is 20.3 Å². The summed E-state index contributed by atoms with van der Waals surface area (Å²) in [7, 11) is 1.72. The van der Waals surface area contributed by atoms with Crippen LogP contribution in [0.15, 0.2) is 0 Å². The van der Waals surface area contributed by atoms with Crippen molar-refractivity contribution < 1.29 is 14.6 Å². The van der Waals surface area contributed by atoms with Crippen molar-refractivity contribution in [1.29, 1.82) is 0 Å². The second-order valence-electron chi connectivity index (χ2n) is 5.21. The van der Waals surface area contributed by atoms with Gasteiger partial charge < -0.3 is 19.9 Å². The van der Waals surface area contributed by atoms with Gasteiger partial charge in [0.2, 0.25) is 0 Å². The number of aliphatic hydroxyl groups is 1. The Hall–Kier alpha value is -0.160. The molecule has 102 valence electrons. The molecule has 0 aromatic rings. The van der Waals surface area contributed by atoms with Gasteiger partial charge in [0, 0.05) is 25.8 Å². The van der Waals surface area contributed by atoms with Gasteiger partial charge in [-0.05, 0) is 25.7 Å². The maximum Gasteiger partial charge on any atom is 0.0986 e. The Kier molecular flexibility index (Phi) is 6.41. The number of aliphatic hydroxyl groups excluding tert-OH is 1. The minimum atomic E-state index is 0.121.